The maximum absolute atomic E-state index is 13.4. The molecule has 1 aromatic rings. The molecule has 0 saturated carbocycles. The van der Waals surface area contributed by atoms with E-state index in [1.807, 2.05) is 32.9 Å². The zero-order chi connectivity index (χ0) is 26.4. The molecule has 0 aliphatic heterocycles. The van der Waals surface area contributed by atoms with Crippen molar-refractivity contribution in [2.75, 3.05) is 33.4 Å². The van der Waals surface area contributed by atoms with Gasteiger partial charge in [0.05, 0.1) is 12.7 Å². The van der Waals surface area contributed by atoms with E-state index in [4.69, 9.17) is 15.2 Å². The molecule has 200 valence electrons. The topological polar surface area (TPSA) is 114 Å². The van der Waals surface area contributed by atoms with Crippen LogP contribution in [-0.4, -0.2) is 73.4 Å². The minimum Gasteiger partial charge on any atom is -0.493 e. The van der Waals surface area contributed by atoms with Crippen molar-refractivity contribution in [1.29, 1.82) is 0 Å². The molecule has 8 heteroatoms. The van der Waals surface area contributed by atoms with Gasteiger partial charge in [0.25, 0.3) is 5.91 Å². The number of hydrogen-bond donors (Lipinski definition) is 3. The van der Waals surface area contributed by atoms with Gasteiger partial charge in [-0.2, -0.15) is 0 Å². The van der Waals surface area contributed by atoms with Gasteiger partial charge in [0.2, 0.25) is 5.91 Å². The average molecular weight is 494 g/mol. The molecule has 0 spiro atoms. The van der Waals surface area contributed by atoms with Gasteiger partial charge < -0.3 is 30.5 Å². The number of nitrogens with one attached hydrogen (secondary N) is 1. The van der Waals surface area contributed by atoms with Crippen molar-refractivity contribution in [3.8, 4) is 5.75 Å². The fraction of sp³-hybridized carbons (Fsp3) is 0.704. The zero-order valence-electron chi connectivity index (χ0n) is 22.5. The Balaban J connectivity index is 2.85. The molecule has 1 aromatic carbocycles. The third kappa shape index (κ3) is 10.5. The molecule has 0 radical (unpaired) electrons. The Bertz CT molecular complexity index is 771. The van der Waals surface area contributed by atoms with Crippen LogP contribution in [0.2, 0.25) is 0 Å². The van der Waals surface area contributed by atoms with Gasteiger partial charge in [-0.05, 0) is 50.8 Å². The molecule has 0 aliphatic rings. The number of amides is 2. The second-order valence-corrected chi connectivity index (χ2v) is 9.43. The first-order valence-electron chi connectivity index (χ1n) is 12.9. The molecule has 0 fully saturated rings. The van der Waals surface area contributed by atoms with Crippen molar-refractivity contribution in [3.05, 3.63) is 29.3 Å². The van der Waals surface area contributed by atoms with E-state index in [-0.39, 0.29) is 36.7 Å². The molecule has 2 amide bonds. The van der Waals surface area contributed by atoms with Gasteiger partial charge in [-0.3, -0.25) is 9.59 Å². The fourth-order valence-electron chi connectivity index (χ4n) is 3.75. The highest BCUT2D eigenvalue weighted by atomic mass is 16.5. The van der Waals surface area contributed by atoms with Crippen LogP contribution >= 0.6 is 0 Å². The van der Waals surface area contributed by atoms with E-state index >= 15 is 0 Å². The molecule has 3 atom stereocenters. The van der Waals surface area contributed by atoms with E-state index in [1.165, 1.54) is 0 Å². The largest absolute Gasteiger partial charge is 0.493 e. The summed E-state index contributed by atoms with van der Waals surface area (Å²) in [5.41, 5.74) is 7.85. The quantitative estimate of drug-likeness (QED) is 0.287. The second-order valence-electron chi connectivity index (χ2n) is 9.43. The summed E-state index contributed by atoms with van der Waals surface area (Å²) in [7, 11) is 1.65. The summed E-state index contributed by atoms with van der Waals surface area (Å²) < 4.78 is 11.0. The van der Waals surface area contributed by atoms with Crippen molar-refractivity contribution in [3.63, 3.8) is 0 Å². The standard InChI is InChI=1S/C27H47N3O5/c1-7-9-13-29-26(32)20(5)16-24(31)23(28)18-30(19(3)4)27(33)22-12-11-21(8-2)25(17-22)35-15-10-14-34-6/h11-12,17,19-20,23-24,31H,7-10,13-16,18,28H2,1-6H3,(H,29,32)/t20-,23+,24+/m1/s1. The number of nitrogens with zero attached hydrogens (tertiary/aromatic N) is 1. The molecule has 0 bridgehead atoms. The summed E-state index contributed by atoms with van der Waals surface area (Å²) in [5, 5.41) is 13.6. The van der Waals surface area contributed by atoms with Gasteiger partial charge in [0, 0.05) is 56.8 Å². The lowest BCUT2D eigenvalue weighted by Crippen LogP contribution is -2.50. The molecule has 35 heavy (non-hydrogen) atoms. The predicted octanol–water partition coefficient (Wildman–Crippen LogP) is 3.15. The Morgan fingerprint density at radius 1 is 1.14 bits per heavy atom. The number of benzene rings is 1. The molecule has 1 rings (SSSR count). The minimum absolute atomic E-state index is 0.0875. The summed E-state index contributed by atoms with van der Waals surface area (Å²) in [6.45, 7) is 11.7. The number of aryl methyl sites for hydroxylation is 1. The van der Waals surface area contributed by atoms with Gasteiger partial charge in [-0.25, -0.2) is 0 Å². The summed E-state index contributed by atoms with van der Waals surface area (Å²) in [6, 6.07) is 4.72. The first kappa shape index (κ1) is 30.9. The summed E-state index contributed by atoms with van der Waals surface area (Å²) in [5.74, 6) is 0.0776. The molecule has 0 heterocycles. The second kappa shape index (κ2) is 16.5. The highest BCUT2D eigenvalue weighted by Crippen LogP contribution is 2.23. The number of rotatable bonds is 17. The Labute approximate surface area is 211 Å². The van der Waals surface area contributed by atoms with Crippen molar-refractivity contribution in [2.24, 2.45) is 11.7 Å². The number of carbonyl (C=O) groups excluding carboxylic acids is 2. The molecular weight excluding hydrogens is 446 g/mol. The molecule has 0 aliphatic carbocycles. The van der Waals surface area contributed by atoms with Crippen LogP contribution in [0.4, 0.5) is 0 Å². The van der Waals surface area contributed by atoms with Crippen LogP contribution < -0.4 is 15.8 Å². The third-order valence-corrected chi connectivity index (χ3v) is 6.10. The number of ether oxygens (including phenoxy) is 2. The van der Waals surface area contributed by atoms with Crippen LogP contribution in [0.25, 0.3) is 0 Å². The monoisotopic (exact) mass is 493 g/mol. The van der Waals surface area contributed by atoms with Crippen LogP contribution in [-0.2, 0) is 16.0 Å². The van der Waals surface area contributed by atoms with Crippen LogP contribution in [0.15, 0.2) is 18.2 Å². The van der Waals surface area contributed by atoms with Crippen LogP contribution in [0, 0.1) is 5.92 Å². The molecule has 0 unspecified atom stereocenters. The highest BCUT2D eigenvalue weighted by Gasteiger charge is 2.27. The number of methoxy groups -OCH3 is 1. The Morgan fingerprint density at radius 3 is 2.46 bits per heavy atom. The molecule has 8 nitrogen and oxygen atoms in total. The van der Waals surface area contributed by atoms with Crippen LogP contribution in [0.3, 0.4) is 0 Å². The molecule has 4 N–H and O–H groups in total. The van der Waals surface area contributed by atoms with E-state index in [0.29, 0.717) is 31.1 Å². The van der Waals surface area contributed by atoms with Gasteiger partial charge >= 0.3 is 0 Å². The van der Waals surface area contributed by atoms with Crippen molar-refractivity contribution in [1.82, 2.24) is 10.2 Å². The smallest absolute Gasteiger partial charge is 0.254 e. The number of aliphatic hydroxyl groups is 1. The van der Waals surface area contributed by atoms with Crippen molar-refractivity contribution >= 4 is 11.8 Å². The summed E-state index contributed by atoms with van der Waals surface area (Å²) >= 11 is 0. The lowest BCUT2D eigenvalue weighted by Gasteiger charge is -2.32. The lowest BCUT2D eigenvalue weighted by molar-refractivity contribution is -0.125. The SMILES string of the molecule is CCCCNC(=O)[C@H](C)C[C@H](O)[C@@H](N)CN(C(=O)c1ccc(CC)c(OCCCOC)c1)C(C)C. The Morgan fingerprint density at radius 2 is 1.86 bits per heavy atom. The number of unbranched alkanes of at least 4 members (excludes halogenated alkanes) is 1. The van der Waals surface area contributed by atoms with Crippen LogP contribution in [0.5, 0.6) is 5.75 Å². The van der Waals surface area contributed by atoms with E-state index < -0.39 is 12.1 Å². The summed E-state index contributed by atoms with van der Waals surface area (Å²) in [4.78, 5) is 27.3. The van der Waals surface area contributed by atoms with Gasteiger partial charge in [-0.1, -0.05) is 33.3 Å². The first-order valence-corrected chi connectivity index (χ1v) is 12.9. The van der Waals surface area contributed by atoms with Gasteiger partial charge in [0.1, 0.15) is 5.75 Å². The van der Waals surface area contributed by atoms with E-state index in [2.05, 4.69) is 12.2 Å². The summed E-state index contributed by atoms with van der Waals surface area (Å²) in [6.07, 6.45) is 2.82. The highest BCUT2D eigenvalue weighted by molar-refractivity contribution is 5.95. The molecule has 0 saturated heterocycles. The van der Waals surface area contributed by atoms with Crippen LogP contribution in [0.1, 0.15) is 76.2 Å². The number of aliphatic hydroxyl groups excluding tert-OH is 1. The van der Waals surface area contributed by atoms with Crippen molar-refractivity contribution < 1.29 is 24.2 Å². The minimum atomic E-state index is -0.905. The van der Waals surface area contributed by atoms with E-state index in [0.717, 1.165) is 31.2 Å². The number of hydrogen-bond acceptors (Lipinski definition) is 6. The zero-order valence-corrected chi connectivity index (χ0v) is 22.5. The lowest BCUT2D eigenvalue weighted by atomic mass is 9.97. The number of carbonyl (C=O) groups is 2. The van der Waals surface area contributed by atoms with Gasteiger partial charge in [-0.15, -0.1) is 0 Å². The maximum atomic E-state index is 13.4. The predicted molar refractivity (Wildman–Crippen MR) is 140 cm³/mol. The molecule has 0 aromatic heterocycles. The molecular formula is C27H47N3O5. The normalized spacial score (nSPS) is 13.9. The fourth-order valence-corrected chi connectivity index (χ4v) is 3.75. The third-order valence-electron chi connectivity index (χ3n) is 6.10. The maximum Gasteiger partial charge on any atom is 0.254 e. The van der Waals surface area contributed by atoms with E-state index in [9.17, 15) is 14.7 Å². The Hall–Kier alpha value is -2.16. The first-order chi connectivity index (χ1) is 16.7. The van der Waals surface area contributed by atoms with Crippen molar-refractivity contribution in [2.45, 2.75) is 84.9 Å². The Kier molecular flexibility index (Phi) is 14.6. The van der Waals surface area contributed by atoms with Gasteiger partial charge in [0.15, 0.2) is 0 Å². The average Bonchev–Trinajstić information content (AvgIpc) is 2.84. The van der Waals surface area contributed by atoms with E-state index in [1.54, 1.807) is 25.0 Å². The number of nitrogens with two attached hydrogens (primary N) is 1.